The highest BCUT2D eigenvalue weighted by Crippen LogP contribution is 2.31. The van der Waals surface area contributed by atoms with E-state index in [0.29, 0.717) is 0 Å². The lowest BCUT2D eigenvalue weighted by Gasteiger charge is -2.24. The zero-order valence-corrected chi connectivity index (χ0v) is 11.9. The lowest BCUT2D eigenvalue weighted by atomic mass is 10.1. The summed E-state index contributed by atoms with van der Waals surface area (Å²) in [5, 5.41) is 1.83. The molecule has 0 aromatic heterocycles. The maximum atomic E-state index is 13.8. The molecular formula is C13H13F4N3O3. The van der Waals surface area contributed by atoms with Gasteiger partial charge in [0.2, 0.25) is 0 Å². The second kappa shape index (κ2) is 5.94. The van der Waals surface area contributed by atoms with Crippen LogP contribution in [0.3, 0.4) is 0 Å². The van der Waals surface area contributed by atoms with Gasteiger partial charge in [0.15, 0.2) is 11.6 Å². The first-order chi connectivity index (χ1) is 10.6. The average Bonchev–Trinajstić information content (AvgIpc) is 2.82. The third-order valence-electron chi connectivity index (χ3n) is 3.45. The van der Waals surface area contributed by atoms with Crippen molar-refractivity contribution in [1.82, 2.24) is 10.2 Å². The first-order valence-electron chi connectivity index (χ1n) is 6.50. The number of carbonyl (C=O) groups excluding carboxylic acids is 2. The number of hydrogen-bond donors (Lipinski definition) is 2. The molecule has 0 aliphatic carbocycles. The first-order valence-corrected chi connectivity index (χ1v) is 6.50. The summed E-state index contributed by atoms with van der Waals surface area (Å²) in [6.45, 7) is 0.881. The normalized spacial score (nSPS) is 19.4. The molecule has 1 saturated heterocycles. The van der Waals surface area contributed by atoms with Crippen LogP contribution in [0.15, 0.2) is 18.2 Å². The van der Waals surface area contributed by atoms with Gasteiger partial charge in [0.05, 0.1) is 12.6 Å². The molecule has 0 spiro atoms. The van der Waals surface area contributed by atoms with Crippen molar-refractivity contribution in [1.29, 1.82) is 0 Å². The monoisotopic (exact) mass is 335 g/mol. The fraction of sp³-hybridized carbons (Fsp3) is 0.385. The topological polar surface area (TPSA) is 84.7 Å². The minimum Gasteiger partial charge on any atom is -0.407 e. The van der Waals surface area contributed by atoms with Gasteiger partial charge in [-0.1, -0.05) is 6.07 Å². The SMILES string of the molecule is C[C@H](c1ccc(OC(N)=O)c(F)c1)N1C[C@@H](C(F)(F)F)NC1=O. The van der Waals surface area contributed by atoms with Crippen molar-refractivity contribution in [2.75, 3.05) is 6.54 Å². The number of primary amides is 1. The van der Waals surface area contributed by atoms with E-state index in [9.17, 15) is 27.2 Å². The minimum atomic E-state index is -4.56. The average molecular weight is 335 g/mol. The number of urea groups is 1. The Morgan fingerprint density at radius 2 is 2.13 bits per heavy atom. The van der Waals surface area contributed by atoms with Crippen molar-refractivity contribution in [2.24, 2.45) is 5.73 Å². The summed E-state index contributed by atoms with van der Waals surface area (Å²) in [6.07, 6.45) is -5.76. The number of hydrogen-bond acceptors (Lipinski definition) is 3. The fourth-order valence-electron chi connectivity index (χ4n) is 2.22. The van der Waals surface area contributed by atoms with E-state index in [2.05, 4.69) is 4.74 Å². The van der Waals surface area contributed by atoms with Gasteiger partial charge < -0.3 is 20.7 Å². The molecule has 3 amide bonds. The summed E-state index contributed by atoms with van der Waals surface area (Å²) in [7, 11) is 0. The Morgan fingerprint density at radius 3 is 2.61 bits per heavy atom. The van der Waals surface area contributed by atoms with Crippen molar-refractivity contribution in [3.63, 3.8) is 0 Å². The molecule has 2 rings (SSSR count). The zero-order valence-electron chi connectivity index (χ0n) is 11.9. The number of benzene rings is 1. The molecule has 0 radical (unpaired) electrons. The second-order valence-corrected chi connectivity index (χ2v) is 4.98. The van der Waals surface area contributed by atoms with Gasteiger partial charge in [0.25, 0.3) is 0 Å². The molecule has 6 nitrogen and oxygen atoms in total. The molecule has 0 bridgehead atoms. The van der Waals surface area contributed by atoms with E-state index in [1.807, 2.05) is 5.32 Å². The van der Waals surface area contributed by atoms with Gasteiger partial charge in [-0.15, -0.1) is 0 Å². The van der Waals surface area contributed by atoms with E-state index in [-0.39, 0.29) is 5.56 Å². The van der Waals surface area contributed by atoms with E-state index < -0.39 is 48.5 Å². The zero-order chi connectivity index (χ0) is 17.4. The molecule has 126 valence electrons. The van der Waals surface area contributed by atoms with Crippen LogP contribution < -0.4 is 15.8 Å². The third-order valence-corrected chi connectivity index (χ3v) is 3.45. The van der Waals surface area contributed by atoms with Gasteiger partial charge in [-0.25, -0.2) is 14.0 Å². The van der Waals surface area contributed by atoms with Crippen molar-refractivity contribution in [2.45, 2.75) is 25.2 Å². The standard InChI is InChI=1S/C13H13F4N3O3/c1-6(20-5-10(13(15,16)17)19-12(20)22)7-2-3-9(8(14)4-7)23-11(18)21/h2-4,6,10H,5H2,1H3,(H2,18,21)(H,19,22)/t6-,10+/m1/s1. The number of nitrogens with two attached hydrogens (primary N) is 1. The Labute approximate surface area is 128 Å². The molecule has 1 aromatic rings. The van der Waals surface area contributed by atoms with Crippen LogP contribution in [0.5, 0.6) is 5.75 Å². The Kier molecular flexibility index (Phi) is 4.35. The van der Waals surface area contributed by atoms with Crippen LogP contribution in [0.4, 0.5) is 27.2 Å². The third kappa shape index (κ3) is 3.63. The van der Waals surface area contributed by atoms with Crippen LogP contribution in [0.25, 0.3) is 0 Å². The molecule has 1 fully saturated rings. The summed E-state index contributed by atoms with van der Waals surface area (Å²) >= 11 is 0. The molecule has 23 heavy (non-hydrogen) atoms. The molecule has 2 atom stereocenters. The largest absolute Gasteiger partial charge is 0.410 e. The molecule has 10 heteroatoms. The van der Waals surface area contributed by atoms with Gasteiger partial charge in [0, 0.05) is 0 Å². The van der Waals surface area contributed by atoms with Crippen LogP contribution >= 0.6 is 0 Å². The van der Waals surface area contributed by atoms with Crippen molar-refractivity contribution >= 4 is 12.1 Å². The summed E-state index contributed by atoms with van der Waals surface area (Å²) in [5.74, 6) is -1.33. The number of ether oxygens (including phenoxy) is 1. The number of halogens is 4. The summed E-state index contributed by atoms with van der Waals surface area (Å²) in [6, 6.07) is -0.254. The van der Waals surface area contributed by atoms with Crippen LogP contribution in [0.2, 0.25) is 0 Å². The Balaban J connectivity index is 2.17. The number of alkyl halides is 3. The van der Waals surface area contributed by atoms with Crippen LogP contribution in [0.1, 0.15) is 18.5 Å². The molecule has 1 heterocycles. The Bertz CT molecular complexity index is 635. The first kappa shape index (κ1) is 16.8. The summed E-state index contributed by atoms with van der Waals surface area (Å²) < 4.78 is 56.1. The van der Waals surface area contributed by atoms with E-state index in [4.69, 9.17) is 5.73 Å². The molecule has 1 aromatic carbocycles. The van der Waals surface area contributed by atoms with Crippen molar-refractivity contribution < 1.29 is 31.9 Å². The predicted molar refractivity (Wildman–Crippen MR) is 70.1 cm³/mol. The Hall–Kier alpha value is -2.52. The summed E-state index contributed by atoms with van der Waals surface area (Å²) in [4.78, 5) is 23.2. The highest BCUT2D eigenvalue weighted by atomic mass is 19.4. The second-order valence-electron chi connectivity index (χ2n) is 4.98. The van der Waals surface area contributed by atoms with Crippen LogP contribution in [-0.4, -0.2) is 35.8 Å². The minimum absolute atomic E-state index is 0.247. The van der Waals surface area contributed by atoms with Gasteiger partial charge in [-0.3, -0.25) is 0 Å². The van der Waals surface area contributed by atoms with Gasteiger partial charge in [-0.2, -0.15) is 13.2 Å². The highest BCUT2D eigenvalue weighted by molar-refractivity contribution is 5.77. The molecule has 0 unspecified atom stereocenters. The number of nitrogens with one attached hydrogen (secondary N) is 1. The quantitative estimate of drug-likeness (QED) is 0.831. The van der Waals surface area contributed by atoms with E-state index >= 15 is 0 Å². The Morgan fingerprint density at radius 1 is 1.48 bits per heavy atom. The summed E-state index contributed by atoms with van der Waals surface area (Å²) in [5.41, 5.74) is 5.02. The number of nitrogens with zero attached hydrogens (tertiary/aromatic N) is 1. The number of carbonyl (C=O) groups is 2. The highest BCUT2D eigenvalue weighted by Gasteiger charge is 2.47. The number of amides is 3. The van der Waals surface area contributed by atoms with Gasteiger partial charge >= 0.3 is 18.3 Å². The van der Waals surface area contributed by atoms with Crippen molar-refractivity contribution in [3.05, 3.63) is 29.6 Å². The predicted octanol–water partition coefficient (Wildman–Crippen LogP) is 2.30. The fourth-order valence-corrected chi connectivity index (χ4v) is 2.22. The maximum Gasteiger partial charge on any atom is 0.410 e. The maximum absolute atomic E-state index is 13.8. The molecule has 1 aliphatic heterocycles. The lowest BCUT2D eigenvalue weighted by molar-refractivity contribution is -0.150. The lowest BCUT2D eigenvalue weighted by Crippen LogP contribution is -2.40. The van der Waals surface area contributed by atoms with E-state index in [1.165, 1.54) is 13.0 Å². The van der Waals surface area contributed by atoms with E-state index in [0.717, 1.165) is 17.0 Å². The smallest absolute Gasteiger partial charge is 0.407 e. The molecular weight excluding hydrogens is 322 g/mol. The molecule has 1 aliphatic rings. The van der Waals surface area contributed by atoms with Gasteiger partial charge in [0.1, 0.15) is 6.04 Å². The van der Waals surface area contributed by atoms with Gasteiger partial charge in [-0.05, 0) is 24.6 Å². The van der Waals surface area contributed by atoms with Crippen LogP contribution in [0, 0.1) is 5.82 Å². The number of rotatable bonds is 3. The molecule has 0 saturated carbocycles. The van der Waals surface area contributed by atoms with Crippen molar-refractivity contribution in [3.8, 4) is 5.75 Å². The molecule has 3 N–H and O–H groups in total. The van der Waals surface area contributed by atoms with Crippen LogP contribution in [-0.2, 0) is 0 Å². The van der Waals surface area contributed by atoms with E-state index in [1.54, 1.807) is 0 Å².